The highest BCUT2D eigenvalue weighted by atomic mass is 33.1. The average molecular weight is 873 g/mol. The number of hydrogen-bond donors (Lipinski definition) is 0. The van der Waals surface area contributed by atoms with Crippen molar-refractivity contribution in [1.29, 1.82) is 5.26 Å². The Labute approximate surface area is 357 Å². The topological polar surface area (TPSA) is 59.3 Å². The van der Waals surface area contributed by atoms with Crippen molar-refractivity contribution in [3.63, 3.8) is 0 Å². The lowest BCUT2D eigenvalue weighted by molar-refractivity contribution is -0.143. The van der Waals surface area contributed by atoms with E-state index >= 15 is 0 Å². The summed E-state index contributed by atoms with van der Waals surface area (Å²) in [6.07, 6.45) is 29.8. The van der Waals surface area contributed by atoms with E-state index in [2.05, 4.69) is 36.5 Å². The molecule has 0 fully saturated rings. The van der Waals surface area contributed by atoms with E-state index in [9.17, 15) is 10.1 Å². The van der Waals surface area contributed by atoms with Crippen LogP contribution in [0.4, 0.5) is 0 Å². The third-order valence-electron chi connectivity index (χ3n) is 8.50. The molecule has 0 bridgehead atoms. The molecule has 0 saturated carbocycles. The number of carbonyl (C=O) groups is 1. The fraction of sp³-hybridized carbons (Fsp3) is 0.900. The number of thiocarbonyl (C=S) groups is 2. The van der Waals surface area contributed by atoms with Crippen molar-refractivity contribution in [2.24, 2.45) is 0 Å². The number of thioether (sulfide) groups is 4. The average Bonchev–Trinajstić information content (AvgIpc) is 3.14. The fourth-order valence-electron chi connectivity index (χ4n) is 5.26. The molecule has 0 radical (unpaired) electrons. The first kappa shape index (κ1) is 53.2. The molecule has 52 heavy (non-hydrogen) atoms. The molecule has 12 heteroatoms. The van der Waals surface area contributed by atoms with Crippen LogP contribution >= 0.6 is 93.1 Å². The molecular weight excluding hydrogens is 799 g/mol. The van der Waals surface area contributed by atoms with Crippen LogP contribution in [0, 0.1) is 11.3 Å². The summed E-state index contributed by atoms with van der Waals surface area (Å²) in [4.78, 5) is 12.3. The molecule has 0 rings (SSSR count). The molecular formula is C40H73NO3S8. The highest BCUT2D eigenvalue weighted by molar-refractivity contribution is 8.76. The highest BCUT2D eigenvalue weighted by Crippen LogP contribution is 2.35. The number of nitrogens with zero attached hydrogens (tertiary/aromatic N) is 1. The van der Waals surface area contributed by atoms with Gasteiger partial charge in [-0.25, -0.2) is 0 Å². The van der Waals surface area contributed by atoms with Gasteiger partial charge in [0.15, 0.2) is 0 Å². The summed E-state index contributed by atoms with van der Waals surface area (Å²) in [5.41, 5.74) is 0. The van der Waals surface area contributed by atoms with Gasteiger partial charge in [0.1, 0.15) is 14.9 Å². The summed E-state index contributed by atoms with van der Waals surface area (Å²) in [5.74, 6) is 4.99. The molecule has 0 aliphatic heterocycles. The van der Waals surface area contributed by atoms with E-state index in [1.165, 1.54) is 150 Å². The smallest absolute Gasteiger partial charge is 0.305 e. The molecule has 0 aromatic heterocycles. The van der Waals surface area contributed by atoms with E-state index in [4.69, 9.17) is 33.9 Å². The van der Waals surface area contributed by atoms with Gasteiger partial charge in [-0.15, -0.1) is 11.8 Å². The second-order valence-corrected chi connectivity index (χ2v) is 22.9. The van der Waals surface area contributed by atoms with Crippen LogP contribution in [0.3, 0.4) is 0 Å². The standard InChI is InChI=1S/C40H73NO3S8/c1-3-4-5-6-7-8-13-16-19-23-33-49-39(46)52-40(2,36-41)26-25-38(42)44-29-35-51-50-34-28-43-27-20-24-32-48-37-47-31-22-18-15-12-10-9-11-14-17-21-30-45/h30H,3-29,31-35,37H2,1-2H3. The molecule has 304 valence electrons. The van der Waals surface area contributed by atoms with Crippen molar-refractivity contribution in [2.75, 3.05) is 53.7 Å². The monoisotopic (exact) mass is 871 g/mol. The Hall–Kier alpha value is 1.20. The Morgan fingerprint density at radius 3 is 1.79 bits per heavy atom. The first-order valence-electron chi connectivity index (χ1n) is 20.3. The fourth-order valence-corrected chi connectivity index (χ4v) is 12.3. The molecule has 0 heterocycles. The molecule has 0 saturated heterocycles. The van der Waals surface area contributed by atoms with E-state index in [1.54, 1.807) is 33.3 Å². The quantitative estimate of drug-likeness (QED) is 0.0193. The Bertz CT molecular complexity index is 863. The zero-order valence-corrected chi connectivity index (χ0v) is 39.4. The zero-order chi connectivity index (χ0) is 38.1. The Kier molecular flexibility index (Phi) is 44.3. The van der Waals surface area contributed by atoms with Crippen LogP contribution in [0.1, 0.15) is 168 Å². The van der Waals surface area contributed by atoms with E-state index in [0.29, 0.717) is 13.0 Å². The van der Waals surface area contributed by atoms with Gasteiger partial charge in [-0.2, -0.15) is 28.8 Å². The lowest BCUT2D eigenvalue weighted by Gasteiger charge is -2.20. The Morgan fingerprint density at radius 2 is 1.21 bits per heavy atom. The molecule has 0 aliphatic carbocycles. The molecule has 0 aliphatic rings. The number of hydrogen-bond acceptors (Lipinski definition) is 12. The Morgan fingerprint density at radius 1 is 0.692 bits per heavy atom. The van der Waals surface area contributed by atoms with Gasteiger partial charge in [-0.05, 0) is 74.5 Å². The van der Waals surface area contributed by atoms with Gasteiger partial charge in [0.2, 0.25) is 0 Å². The SMILES string of the molecule is CCCCCCCCCCCCSC(=S)SC(C)(C#N)CCC(=O)OCCSSCCOCCCCSCSCCCCCCCCCCCC=S. The Balaban J connectivity index is 3.49. The van der Waals surface area contributed by atoms with Gasteiger partial charge in [0.25, 0.3) is 0 Å². The largest absolute Gasteiger partial charge is 0.465 e. The van der Waals surface area contributed by atoms with Gasteiger partial charge >= 0.3 is 5.97 Å². The van der Waals surface area contributed by atoms with E-state index in [0.717, 1.165) is 53.3 Å². The number of esters is 1. The van der Waals surface area contributed by atoms with E-state index in [-0.39, 0.29) is 12.4 Å². The van der Waals surface area contributed by atoms with Crippen LogP contribution in [0.2, 0.25) is 0 Å². The van der Waals surface area contributed by atoms with Crippen LogP contribution in [0.5, 0.6) is 0 Å². The number of ether oxygens (including phenoxy) is 2. The number of carbonyl (C=O) groups excluding carboxylic acids is 1. The van der Waals surface area contributed by atoms with Gasteiger partial charge in [0, 0.05) is 29.6 Å². The minimum absolute atomic E-state index is 0.238. The second-order valence-electron chi connectivity index (χ2n) is 13.5. The van der Waals surface area contributed by atoms with Gasteiger partial charge in [-0.3, -0.25) is 4.79 Å². The van der Waals surface area contributed by atoms with Crippen molar-refractivity contribution < 1.29 is 14.3 Å². The molecule has 4 nitrogen and oxygen atoms in total. The maximum Gasteiger partial charge on any atom is 0.305 e. The highest BCUT2D eigenvalue weighted by Gasteiger charge is 2.28. The number of rotatable bonds is 41. The lowest BCUT2D eigenvalue weighted by Crippen LogP contribution is -2.21. The van der Waals surface area contributed by atoms with Crippen LogP contribution < -0.4 is 0 Å². The van der Waals surface area contributed by atoms with Crippen LogP contribution in [0.15, 0.2) is 0 Å². The summed E-state index contributed by atoms with van der Waals surface area (Å²) in [5, 5.41) is 12.9. The predicted molar refractivity (Wildman–Crippen MR) is 253 cm³/mol. The van der Waals surface area contributed by atoms with Gasteiger partial charge in [-0.1, -0.05) is 167 Å². The normalized spacial score (nSPS) is 12.4. The summed E-state index contributed by atoms with van der Waals surface area (Å²) in [7, 11) is 3.48. The van der Waals surface area contributed by atoms with Crippen LogP contribution in [0.25, 0.3) is 0 Å². The van der Waals surface area contributed by atoms with E-state index in [1.807, 2.05) is 12.3 Å². The third kappa shape index (κ3) is 40.9. The third-order valence-corrected chi connectivity index (χ3v) is 16.4. The zero-order valence-electron chi connectivity index (χ0n) is 32.8. The lowest BCUT2D eigenvalue weighted by atomic mass is 10.1. The maximum absolute atomic E-state index is 12.3. The summed E-state index contributed by atoms with van der Waals surface area (Å²) >= 11 is 17.7. The molecule has 0 amide bonds. The molecule has 0 aromatic carbocycles. The van der Waals surface area contributed by atoms with Crippen LogP contribution in [-0.4, -0.2) is 73.3 Å². The van der Waals surface area contributed by atoms with Gasteiger partial charge in [0.05, 0.1) is 12.7 Å². The molecule has 1 unspecified atom stereocenters. The van der Waals surface area contributed by atoms with Gasteiger partial charge < -0.3 is 9.47 Å². The van der Waals surface area contributed by atoms with Crippen molar-refractivity contribution in [2.45, 2.75) is 173 Å². The van der Waals surface area contributed by atoms with Crippen molar-refractivity contribution >= 4 is 108 Å². The first-order valence-corrected chi connectivity index (χ1v) is 27.8. The molecule has 0 spiro atoms. The second kappa shape index (κ2) is 43.3. The van der Waals surface area contributed by atoms with Crippen molar-refractivity contribution in [3.05, 3.63) is 0 Å². The first-order chi connectivity index (χ1) is 25.5. The minimum atomic E-state index is -0.701. The minimum Gasteiger partial charge on any atom is -0.465 e. The van der Waals surface area contributed by atoms with E-state index < -0.39 is 4.75 Å². The van der Waals surface area contributed by atoms with Crippen molar-refractivity contribution in [1.82, 2.24) is 0 Å². The summed E-state index contributed by atoms with van der Waals surface area (Å²) in [6, 6.07) is 2.38. The molecule has 0 aromatic rings. The number of unbranched alkanes of at least 4 members (excludes halogenated alkanes) is 19. The predicted octanol–water partition coefficient (Wildman–Crippen LogP) is 14.8. The molecule has 0 N–H and O–H groups in total. The molecule has 1 atom stereocenters. The van der Waals surface area contributed by atoms with Crippen LogP contribution in [-0.2, 0) is 14.3 Å². The summed E-state index contributed by atoms with van der Waals surface area (Å²) < 4.78 is 11.3. The summed E-state index contributed by atoms with van der Waals surface area (Å²) in [6.45, 7) is 6.14. The maximum atomic E-state index is 12.3. The van der Waals surface area contributed by atoms with Crippen molar-refractivity contribution in [3.8, 4) is 6.07 Å². The number of nitriles is 1.